The third kappa shape index (κ3) is 3.47. The number of carbonyl (C=O) groups is 2. The van der Waals surface area contributed by atoms with Crippen LogP contribution in [0.4, 0.5) is 5.69 Å². The molecule has 1 aliphatic carbocycles. The van der Waals surface area contributed by atoms with Gasteiger partial charge in [0, 0.05) is 24.7 Å². The average molecular weight is 354 g/mol. The fraction of sp³-hybridized carbons (Fsp3) is 0.400. The molecule has 25 heavy (non-hydrogen) atoms. The number of fused-ring (bicyclic) bond motifs is 1. The number of anilines is 1. The Hall–Kier alpha value is -2.14. The Morgan fingerprint density at radius 1 is 1.12 bits per heavy atom. The van der Waals surface area contributed by atoms with E-state index in [4.69, 9.17) is 0 Å². The molecule has 2 heterocycles. The van der Waals surface area contributed by atoms with Crippen LogP contribution in [0.3, 0.4) is 0 Å². The molecule has 4 rings (SSSR count). The first-order valence-electron chi connectivity index (χ1n) is 8.96. The highest BCUT2D eigenvalue weighted by molar-refractivity contribution is 7.12. The van der Waals surface area contributed by atoms with Crippen LogP contribution in [-0.4, -0.2) is 23.3 Å². The summed E-state index contributed by atoms with van der Waals surface area (Å²) < 4.78 is 0. The summed E-state index contributed by atoms with van der Waals surface area (Å²) in [5, 5.41) is 5.00. The SMILES string of the molecule is O=C(Nc1ccc2c(c1)CN(C(=O)c1cccs1)CC2)C1CCCC1. The van der Waals surface area contributed by atoms with Gasteiger partial charge in [0.2, 0.25) is 5.91 Å². The molecule has 1 aliphatic heterocycles. The minimum atomic E-state index is 0.0982. The predicted molar refractivity (Wildman–Crippen MR) is 99.8 cm³/mol. The minimum Gasteiger partial charge on any atom is -0.333 e. The quantitative estimate of drug-likeness (QED) is 0.903. The van der Waals surface area contributed by atoms with Crippen molar-refractivity contribution in [3.63, 3.8) is 0 Å². The number of nitrogens with zero attached hydrogens (tertiary/aromatic N) is 1. The van der Waals surface area contributed by atoms with Crippen molar-refractivity contribution in [3.8, 4) is 0 Å². The van der Waals surface area contributed by atoms with Crippen LogP contribution in [0.2, 0.25) is 0 Å². The summed E-state index contributed by atoms with van der Waals surface area (Å²) in [7, 11) is 0. The molecule has 2 aromatic rings. The summed E-state index contributed by atoms with van der Waals surface area (Å²) in [5.74, 6) is 0.397. The normalized spacial score (nSPS) is 17.4. The number of nitrogens with one attached hydrogen (secondary N) is 1. The molecule has 0 unspecified atom stereocenters. The molecule has 0 spiro atoms. The average Bonchev–Trinajstić information content (AvgIpc) is 3.34. The monoisotopic (exact) mass is 354 g/mol. The molecule has 0 atom stereocenters. The van der Waals surface area contributed by atoms with Crippen LogP contribution in [0.1, 0.15) is 46.5 Å². The molecule has 130 valence electrons. The number of benzene rings is 1. The molecule has 1 aromatic heterocycles. The molecule has 2 amide bonds. The first kappa shape index (κ1) is 16.3. The van der Waals surface area contributed by atoms with Crippen molar-refractivity contribution in [2.24, 2.45) is 5.92 Å². The lowest BCUT2D eigenvalue weighted by molar-refractivity contribution is -0.119. The van der Waals surface area contributed by atoms with E-state index in [1.165, 1.54) is 16.9 Å². The zero-order valence-electron chi connectivity index (χ0n) is 14.2. The van der Waals surface area contributed by atoms with Gasteiger partial charge in [0.15, 0.2) is 0 Å². The lowest BCUT2D eigenvalue weighted by atomic mass is 9.98. The Balaban J connectivity index is 1.47. The van der Waals surface area contributed by atoms with E-state index in [9.17, 15) is 9.59 Å². The van der Waals surface area contributed by atoms with Crippen LogP contribution in [0, 0.1) is 5.92 Å². The Morgan fingerprint density at radius 3 is 2.72 bits per heavy atom. The third-order valence-electron chi connectivity index (χ3n) is 5.23. The highest BCUT2D eigenvalue weighted by atomic mass is 32.1. The predicted octanol–water partition coefficient (Wildman–Crippen LogP) is 4.08. The van der Waals surface area contributed by atoms with Crippen LogP contribution < -0.4 is 5.32 Å². The van der Waals surface area contributed by atoms with Gasteiger partial charge in [-0.3, -0.25) is 9.59 Å². The summed E-state index contributed by atoms with van der Waals surface area (Å²) in [6.45, 7) is 1.36. The van der Waals surface area contributed by atoms with Crippen molar-refractivity contribution in [3.05, 3.63) is 51.7 Å². The Bertz CT molecular complexity index is 779. The van der Waals surface area contributed by atoms with E-state index in [0.717, 1.165) is 54.8 Å². The molecule has 5 heteroatoms. The van der Waals surface area contributed by atoms with Crippen molar-refractivity contribution in [2.75, 3.05) is 11.9 Å². The molecule has 2 aliphatic rings. The zero-order chi connectivity index (χ0) is 17.2. The molecule has 0 radical (unpaired) electrons. The fourth-order valence-electron chi connectivity index (χ4n) is 3.80. The van der Waals surface area contributed by atoms with Crippen LogP contribution in [0.15, 0.2) is 35.7 Å². The largest absolute Gasteiger partial charge is 0.333 e. The first-order chi connectivity index (χ1) is 12.2. The number of thiophene rings is 1. The maximum atomic E-state index is 12.6. The van der Waals surface area contributed by atoms with Gasteiger partial charge in [-0.1, -0.05) is 25.0 Å². The summed E-state index contributed by atoms with van der Waals surface area (Å²) in [6.07, 6.45) is 5.17. The highest BCUT2D eigenvalue weighted by Gasteiger charge is 2.25. The second kappa shape index (κ2) is 7.00. The van der Waals surface area contributed by atoms with Crippen molar-refractivity contribution in [1.29, 1.82) is 0 Å². The summed E-state index contributed by atoms with van der Waals surface area (Å²) in [4.78, 5) is 27.6. The summed E-state index contributed by atoms with van der Waals surface area (Å²) >= 11 is 1.48. The first-order valence-corrected chi connectivity index (χ1v) is 9.84. The van der Waals surface area contributed by atoms with Gasteiger partial charge in [-0.15, -0.1) is 11.3 Å². The Morgan fingerprint density at radius 2 is 1.96 bits per heavy atom. The maximum absolute atomic E-state index is 12.6. The van der Waals surface area contributed by atoms with Gasteiger partial charge in [-0.2, -0.15) is 0 Å². The van der Waals surface area contributed by atoms with E-state index in [2.05, 4.69) is 11.4 Å². The second-order valence-electron chi connectivity index (χ2n) is 6.91. The molecule has 1 N–H and O–H groups in total. The molecular weight excluding hydrogens is 332 g/mol. The highest BCUT2D eigenvalue weighted by Crippen LogP contribution is 2.28. The third-order valence-corrected chi connectivity index (χ3v) is 6.09. The molecule has 1 aromatic carbocycles. The van der Waals surface area contributed by atoms with Gasteiger partial charge >= 0.3 is 0 Å². The number of amides is 2. The summed E-state index contributed by atoms with van der Waals surface area (Å²) in [5.41, 5.74) is 3.26. The van der Waals surface area contributed by atoms with Crippen molar-refractivity contribution < 1.29 is 9.59 Å². The second-order valence-corrected chi connectivity index (χ2v) is 7.86. The Kier molecular flexibility index (Phi) is 4.57. The van der Waals surface area contributed by atoms with Crippen molar-refractivity contribution in [1.82, 2.24) is 4.90 Å². The van der Waals surface area contributed by atoms with Crippen LogP contribution in [0.5, 0.6) is 0 Å². The lowest BCUT2D eigenvalue weighted by Crippen LogP contribution is -2.35. The van der Waals surface area contributed by atoms with Gasteiger partial charge in [0.25, 0.3) is 5.91 Å². The number of hydrogen-bond acceptors (Lipinski definition) is 3. The molecule has 1 saturated carbocycles. The van der Waals surface area contributed by atoms with Gasteiger partial charge in [0.1, 0.15) is 0 Å². The van der Waals surface area contributed by atoms with Gasteiger partial charge in [-0.25, -0.2) is 0 Å². The molecular formula is C20H22N2O2S. The zero-order valence-corrected chi connectivity index (χ0v) is 15.0. The van der Waals surface area contributed by atoms with E-state index < -0.39 is 0 Å². The smallest absolute Gasteiger partial charge is 0.264 e. The van der Waals surface area contributed by atoms with E-state index in [1.807, 2.05) is 34.5 Å². The van der Waals surface area contributed by atoms with Crippen LogP contribution >= 0.6 is 11.3 Å². The van der Waals surface area contributed by atoms with Gasteiger partial charge in [0.05, 0.1) is 4.88 Å². The molecule has 1 fully saturated rings. The van der Waals surface area contributed by atoms with Crippen LogP contribution in [0.25, 0.3) is 0 Å². The summed E-state index contributed by atoms with van der Waals surface area (Å²) in [6, 6.07) is 9.90. The van der Waals surface area contributed by atoms with Crippen LogP contribution in [-0.2, 0) is 17.8 Å². The molecule has 4 nitrogen and oxygen atoms in total. The minimum absolute atomic E-state index is 0.0982. The Labute approximate surface area is 151 Å². The number of hydrogen-bond donors (Lipinski definition) is 1. The van der Waals surface area contributed by atoms with Crippen molar-refractivity contribution in [2.45, 2.75) is 38.6 Å². The standard InChI is InChI=1S/C20H22N2O2S/c23-19(15-4-1-2-5-15)21-17-8-7-14-9-10-22(13-16(14)12-17)20(24)18-6-3-11-25-18/h3,6-8,11-12,15H,1-2,4-5,9-10,13H2,(H,21,23). The maximum Gasteiger partial charge on any atom is 0.264 e. The van der Waals surface area contributed by atoms with E-state index in [-0.39, 0.29) is 17.7 Å². The van der Waals surface area contributed by atoms with E-state index in [1.54, 1.807) is 0 Å². The van der Waals surface area contributed by atoms with E-state index in [0.29, 0.717) is 6.54 Å². The number of carbonyl (C=O) groups excluding carboxylic acids is 2. The van der Waals surface area contributed by atoms with E-state index >= 15 is 0 Å². The lowest BCUT2D eigenvalue weighted by Gasteiger charge is -2.29. The molecule has 0 saturated heterocycles. The topological polar surface area (TPSA) is 49.4 Å². The number of rotatable bonds is 3. The fourth-order valence-corrected chi connectivity index (χ4v) is 4.49. The van der Waals surface area contributed by atoms with Gasteiger partial charge in [-0.05, 0) is 54.0 Å². The van der Waals surface area contributed by atoms with Crippen molar-refractivity contribution >= 4 is 28.8 Å². The van der Waals surface area contributed by atoms with Gasteiger partial charge < -0.3 is 10.2 Å². The molecule has 0 bridgehead atoms.